The Hall–Kier alpha value is -2.24. The molecular weight excluding hydrogens is 252 g/mol. The number of nitrogens with two attached hydrogens (primary N) is 1. The maximum atomic E-state index is 5.87. The Balaban J connectivity index is 2.05. The topological polar surface area (TPSA) is 80.8 Å². The van der Waals surface area contributed by atoms with E-state index in [4.69, 9.17) is 5.73 Å². The lowest BCUT2D eigenvalue weighted by Gasteiger charge is -2.34. The summed E-state index contributed by atoms with van der Waals surface area (Å²) in [5, 5.41) is 0. The second-order valence-electron chi connectivity index (χ2n) is 5.35. The lowest BCUT2D eigenvalue weighted by Crippen LogP contribution is -2.41. The van der Waals surface area contributed by atoms with Crippen LogP contribution in [0, 0.1) is 6.92 Å². The van der Waals surface area contributed by atoms with Gasteiger partial charge >= 0.3 is 0 Å². The lowest BCUT2D eigenvalue weighted by molar-refractivity contribution is 0.457. The molecule has 0 amide bonds. The van der Waals surface area contributed by atoms with E-state index in [0.717, 1.165) is 36.7 Å². The summed E-state index contributed by atoms with van der Waals surface area (Å²) in [7, 11) is 0. The standard InChI is InChI=1S/C14H18N6/c1-10-8-11(15)19-13(18-10)14(2)4-3-7-20(14)12-9-16-5-6-17-12/h5-6,8-9H,3-4,7H2,1-2H3,(H2,15,18,19)/t14-/m0/s1. The second kappa shape index (κ2) is 4.70. The Bertz CT molecular complexity index is 594. The van der Waals surface area contributed by atoms with E-state index in [9.17, 15) is 0 Å². The summed E-state index contributed by atoms with van der Waals surface area (Å²) in [6.45, 7) is 5.00. The number of hydrogen-bond acceptors (Lipinski definition) is 6. The summed E-state index contributed by atoms with van der Waals surface area (Å²) in [5.74, 6) is 2.13. The van der Waals surface area contributed by atoms with Crippen molar-refractivity contribution < 1.29 is 0 Å². The number of nitrogens with zero attached hydrogens (tertiary/aromatic N) is 5. The molecule has 2 aromatic rings. The summed E-state index contributed by atoms with van der Waals surface area (Å²) in [4.78, 5) is 19.8. The molecule has 1 aliphatic rings. The summed E-state index contributed by atoms with van der Waals surface area (Å²) in [6, 6.07) is 1.79. The van der Waals surface area contributed by atoms with Gasteiger partial charge in [-0.25, -0.2) is 15.0 Å². The first-order chi connectivity index (χ1) is 9.59. The molecule has 20 heavy (non-hydrogen) atoms. The largest absolute Gasteiger partial charge is 0.384 e. The van der Waals surface area contributed by atoms with Gasteiger partial charge in [-0.2, -0.15) is 0 Å². The van der Waals surface area contributed by atoms with Crippen LogP contribution in [0.3, 0.4) is 0 Å². The van der Waals surface area contributed by atoms with E-state index in [1.807, 2.05) is 6.92 Å². The predicted molar refractivity (Wildman–Crippen MR) is 77.1 cm³/mol. The Labute approximate surface area is 118 Å². The smallest absolute Gasteiger partial charge is 0.156 e. The molecule has 2 aromatic heterocycles. The molecule has 1 atom stereocenters. The summed E-state index contributed by atoms with van der Waals surface area (Å²) >= 11 is 0. The molecule has 6 heteroatoms. The maximum absolute atomic E-state index is 5.87. The molecule has 104 valence electrons. The zero-order valence-corrected chi connectivity index (χ0v) is 11.7. The first-order valence-electron chi connectivity index (χ1n) is 6.75. The quantitative estimate of drug-likeness (QED) is 0.894. The zero-order valence-electron chi connectivity index (χ0n) is 11.7. The number of rotatable bonds is 2. The van der Waals surface area contributed by atoms with Gasteiger partial charge < -0.3 is 10.6 Å². The lowest BCUT2D eigenvalue weighted by atomic mass is 9.97. The van der Waals surface area contributed by atoms with Crippen molar-refractivity contribution in [3.8, 4) is 0 Å². The Kier molecular flexibility index (Phi) is 3.00. The molecule has 0 radical (unpaired) electrons. The van der Waals surface area contributed by atoms with Gasteiger partial charge in [-0.3, -0.25) is 4.98 Å². The average Bonchev–Trinajstić information content (AvgIpc) is 2.82. The third-order valence-corrected chi connectivity index (χ3v) is 3.82. The van der Waals surface area contributed by atoms with Gasteiger partial charge in [0.2, 0.25) is 0 Å². The van der Waals surface area contributed by atoms with Crippen molar-refractivity contribution in [1.29, 1.82) is 0 Å². The normalized spacial score (nSPS) is 22.2. The van der Waals surface area contributed by atoms with Crippen molar-refractivity contribution in [3.63, 3.8) is 0 Å². The van der Waals surface area contributed by atoms with E-state index in [2.05, 4.69) is 31.8 Å². The van der Waals surface area contributed by atoms with Gasteiger partial charge in [-0.15, -0.1) is 0 Å². The molecule has 3 rings (SSSR count). The maximum Gasteiger partial charge on any atom is 0.156 e. The van der Waals surface area contributed by atoms with Crippen LogP contribution in [-0.4, -0.2) is 26.5 Å². The van der Waals surface area contributed by atoms with Crippen LogP contribution in [0.15, 0.2) is 24.7 Å². The summed E-state index contributed by atoms with van der Waals surface area (Å²) < 4.78 is 0. The van der Waals surface area contributed by atoms with Crippen molar-refractivity contribution in [2.75, 3.05) is 17.2 Å². The van der Waals surface area contributed by atoms with Gasteiger partial charge in [-0.1, -0.05) is 0 Å². The third-order valence-electron chi connectivity index (χ3n) is 3.82. The number of nitrogen functional groups attached to an aromatic ring is 1. The van der Waals surface area contributed by atoms with Gasteiger partial charge in [-0.05, 0) is 26.7 Å². The van der Waals surface area contributed by atoms with E-state index in [0.29, 0.717) is 5.82 Å². The summed E-state index contributed by atoms with van der Waals surface area (Å²) in [6.07, 6.45) is 7.22. The number of anilines is 2. The highest BCUT2D eigenvalue weighted by Gasteiger charge is 2.41. The summed E-state index contributed by atoms with van der Waals surface area (Å²) in [5.41, 5.74) is 6.48. The highest BCUT2D eigenvalue weighted by Crippen LogP contribution is 2.39. The Morgan fingerprint density at radius 2 is 2.15 bits per heavy atom. The molecule has 1 aliphatic heterocycles. The van der Waals surface area contributed by atoms with Crippen LogP contribution in [0.25, 0.3) is 0 Å². The van der Waals surface area contributed by atoms with E-state index < -0.39 is 0 Å². The minimum absolute atomic E-state index is 0.282. The second-order valence-corrected chi connectivity index (χ2v) is 5.35. The average molecular weight is 270 g/mol. The van der Waals surface area contributed by atoms with Crippen LogP contribution < -0.4 is 10.6 Å². The van der Waals surface area contributed by atoms with Gasteiger partial charge in [0, 0.05) is 30.7 Å². The van der Waals surface area contributed by atoms with Crippen LogP contribution >= 0.6 is 0 Å². The van der Waals surface area contributed by atoms with Crippen LogP contribution in [0.1, 0.15) is 31.3 Å². The minimum atomic E-state index is -0.282. The van der Waals surface area contributed by atoms with E-state index in [1.54, 1.807) is 24.7 Å². The van der Waals surface area contributed by atoms with Crippen LogP contribution in [0.5, 0.6) is 0 Å². The fraction of sp³-hybridized carbons (Fsp3) is 0.429. The van der Waals surface area contributed by atoms with E-state index in [-0.39, 0.29) is 5.54 Å². The van der Waals surface area contributed by atoms with Gasteiger partial charge in [0.15, 0.2) is 5.82 Å². The van der Waals surface area contributed by atoms with Crippen molar-refractivity contribution in [3.05, 3.63) is 36.2 Å². The van der Waals surface area contributed by atoms with Crippen molar-refractivity contribution in [2.24, 2.45) is 0 Å². The molecule has 0 bridgehead atoms. The highest BCUT2D eigenvalue weighted by atomic mass is 15.3. The van der Waals surface area contributed by atoms with Crippen LogP contribution in [0.4, 0.5) is 11.6 Å². The number of aromatic nitrogens is 4. The van der Waals surface area contributed by atoms with Gasteiger partial charge in [0.05, 0.1) is 11.7 Å². The molecule has 1 saturated heterocycles. The van der Waals surface area contributed by atoms with Gasteiger partial charge in [0.1, 0.15) is 11.6 Å². The molecule has 0 aromatic carbocycles. The Morgan fingerprint density at radius 1 is 1.30 bits per heavy atom. The first kappa shape index (κ1) is 12.8. The monoisotopic (exact) mass is 270 g/mol. The zero-order chi connectivity index (χ0) is 14.2. The fourth-order valence-corrected chi connectivity index (χ4v) is 2.83. The van der Waals surface area contributed by atoms with Crippen LogP contribution in [-0.2, 0) is 5.54 Å². The number of hydrogen-bond donors (Lipinski definition) is 1. The van der Waals surface area contributed by atoms with Crippen LogP contribution in [0.2, 0.25) is 0 Å². The Morgan fingerprint density at radius 3 is 2.85 bits per heavy atom. The molecule has 1 fully saturated rings. The fourth-order valence-electron chi connectivity index (χ4n) is 2.83. The van der Waals surface area contributed by atoms with Crippen molar-refractivity contribution in [1.82, 2.24) is 19.9 Å². The SMILES string of the molecule is Cc1cc(N)nc([C@]2(C)CCCN2c2cnccn2)n1. The molecule has 0 spiro atoms. The third kappa shape index (κ3) is 2.07. The highest BCUT2D eigenvalue weighted by molar-refractivity contribution is 5.44. The first-order valence-corrected chi connectivity index (χ1v) is 6.75. The van der Waals surface area contributed by atoms with E-state index in [1.165, 1.54) is 0 Å². The molecule has 0 saturated carbocycles. The molecule has 0 aliphatic carbocycles. The van der Waals surface area contributed by atoms with Crippen molar-refractivity contribution in [2.45, 2.75) is 32.2 Å². The predicted octanol–water partition coefficient (Wildman–Crippen LogP) is 1.67. The van der Waals surface area contributed by atoms with E-state index >= 15 is 0 Å². The molecular formula is C14H18N6. The molecule has 6 nitrogen and oxygen atoms in total. The molecule has 0 unspecified atom stereocenters. The van der Waals surface area contributed by atoms with Gasteiger partial charge in [0.25, 0.3) is 0 Å². The molecule has 2 N–H and O–H groups in total. The van der Waals surface area contributed by atoms with Crippen molar-refractivity contribution >= 4 is 11.6 Å². The minimum Gasteiger partial charge on any atom is -0.384 e. The number of aryl methyl sites for hydroxylation is 1. The molecule has 3 heterocycles.